The summed E-state index contributed by atoms with van der Waals surface area (Å²) in [7, 11) is -3.90. The Balaban J connectivity index is 2.32. The number of amides is 1. The van der Waals surface area contributed by atoms with Gasteiger partial charge in [-0.3, -0.25) is 4.79 Å². The lowest BCUT2D eigenvalue weighted by Crippen LogP contribution is -2.43. The molecule has 1 N–H and O–H groups in total. The van der Waals surface area contributed by atoms with Crippen LogP contribution in [-0.2, 0) is 21.4 Å². The topological polar surface area (TPSA) is 66.5 Å². The van der Waals surface area contributed by atoms with Gasteiger partial charge in [-0.2, -0.15) is 4.31 Å². The normalized spacial score (nSPS) is 12.8. The number of benzene rings is 2. The smallest absolute Gasteiger partial charge is 0.243 e. The molecule has 0 bridgehead atoms. The second-order valence-electron chi connectivity index (χ2n) is 6.23. The summed E-state index contributed by atoms with van der Waals surface area (Å²) in [6.45, 7) is 3.55. The summed E-state index contributed by atoms with van der Waals surface area (Å²) >= 11 is 11.9. The van der Waals surface area contributed by atoms with Crippen molar-refractivity contribution in [2.75, 3.05) is 6.54 Å². The lowest BCUT2D eigenvalue weighted by molar-refractivity contribution is -0.122. The van der Waals surface area contributed by atoms with Crippen LogP contribution in [0.5, 0.6) is 0 Å². The molecule has 0 heterocycles. The molecule has 0 spiro atoms. The van der Waals surface area contributed by atoms with Gasteiger partial charge in [-0.05, 0) is 55.3 Å². The van der Waals surface area contributed by atoms with Crippen molar-refractivity contribution in [3.05, 3.63) is 64.1 Å². The third-order valence-electron chi connectivity index (χ3n) is 4.04. The van der Waals surface area contributed by atoms with Crippen LogP contribution < -0.4 is 5.32 Å². The molecular weight excluding hydrogens is 407 g/mol. The highest BCUT2D eigenvalue weighted by atomic mass is 35.5. The molecule has 146 valence electrons. The number of carbonyl (C=O) groups is 1. The minimum absolute atomic E-state index is 0.0272. The first-order valence-corrected chi connectivity index (χ1v) is 10.7. The molecule has 0 saturated heterocycles. The third-order valence-corrected chi connectivity index (χ3v) is 6.33. The van der Waals surface area contributed by atoms with Crippen LogP contribution >= 0.6 is 23.2 Å². The number of hydrogen-bond donors (Lipinski definition) is 1. The molecule has 0 aliphatic rings. The molecule has 0 aliphatic carbocycles. The molecule has 8 heteroatoms. The van der Waals surface area contributed by atoms with Crippen LogP contribution in [0.1, 0.15) is 25.8 Å². The van der Waals surface area contributed by atoms with Crippen molar-refractivity contribution < 1.29 is 13.2 Å². The maximum Gasteiger partial charge on any atom is 0.243 e. The summed E-state index contributed by atoms with van der Waals surface area (Å²) in [6, 6.07) is 12.7. The Bertz CT molecular complexity index is 886. The highest BCUT2D eigenvalue weighted by Gasteiger charge is 2.27. The standard InChI is InChI=1S/C19H22Cl2N2O3S/c1-3-14(2)22-19(24)13-23(12-15-5-4-6-17(21)11-15)27(25,26)18-9-7-16(20)8-10-18/h4-11,14H,3,12-13H2,1-2H3,(H,22,24)/t14-/m1/s1. The Hall–Kier alpha value is -1.60. The zero-order chi connectivity index (χ0) is 20.0. The summed E-state index contributed by atoms with van der Waals surface area (Å²) in [5.74, 6) is -0.357. The average Bonchev–Trinajstić information content (AvgIpc) is 2.61. The highest BCUT2D eigenvalue weighted by Crippen LogP contribution is 2.21. The van der Waals surface area contributed by atoms with Crippen LogP contribution in [0.25, 0.3) is 0 Å². The molecule has 0 aromatic heterocycles. The number of nitrogens with zero attached hydrogens (tertiary/aromatic N) is 1. The largest absolute Gasteiger partial charge is 0.353 e. The van der Waals surface area contributed by atoms with Crippen molar-refractivity contribution in [2.24, 2.45) is 0 Å². The van der Waals surface area contributed by atoms with E-state index < -0.39 is 10.0 Å². The lowest BCUT2D eigenvalue weighted by Gasteiger charge is -2.23. The summed E-state index contributed by atoms with van der Waals surface area (Å²) in [5.41, 5.74) is 0.691. The second kappa shape index (κ2) is 9.55. The van der Waals surface area contributed by atoms with Crippen molar-refractivity contribution in [3.63, 3.8) is 0 Å². The zero-order valence-corrected chi connectivity index (χ0v) is 17.5. The quantitative estimate of drug-likeness (QED) is 0.687. The number of sulfonamides is 1. The monoisotopic (exact) mass is 428 g/mol. The summed E-state index contributed by atoms with van der Waals surface area (Å²) < 4.78 is 27.3. The van der Waals surface area contributed by atoms with E-state index in [0.29, 0.717) is 15.6 Å². The van der Waals surface area contributed by atoms with Gasteiger partial charge in [-0.1, -0.05) is 42.3 Å². The van der Waals surface area contributed by atoms with E-state index in [1.807, 2.05) is 13.8 Å². The molecule has 0 aliphatic heterocycles. The van der Waals surface area contributed by atoms with Gasteiger partial charge in [-0.15, -0.1) is 0 Å². The van der Waals surface area contributed by atoms with Crippen molar-refractivity contribution >= 4 is 39.1 Å². The van der Waals surface area contributed by atoms with Gasteiger partial charge in [-0.25, -0.2) is 8.42 Å². The summed E-state index contributed by atoms with van der Waals surface area (Å²) in [6.07, 6.45) is 0.754. The fraction of sp³-hybridized carbons (Fsp3) is 0.316. The van der Waals surface area contributed by atoms with E-state index in [-0.39, 0.29) is 29.9 Å². The number of halogens is 2. The highest BCUT2D eigenvalue weighted by molar-refractivity contribution is 7.89. The van der Waals surface area contributed by atoms with Gasteiger partial charge in [0, 0.05) is 22.6 Å². The Labute approximate surface area is 170 Å². The van der Waals surface area contributed by atoms with E-state index in [2.05, 4.69) is 5.32 Å². The summed E-state index contributed by atoms with van der Waals surface area (Å²) in [4.78, 5) is 12.4. The van der Waals surface area contributed by atoms with E-state index in [0.717, 1.165) is 10.7 Å². The van der Waals surface area contributed by atoms with Gasteiger partial charge in [0.25, 0.3) is 0 Å². The lowest BCUT2D eigenvalue weighted by atomic mass is 10.2. The third kappa shape index (κ3) is 6.21. The SMILES string of the molecule is CC[C@@H](C)NC(=O)CN(Cc1cccc(Cl)c1)S(=O)(=O)c1ccc(Cl)cc1. The number of hydrogen-bond acceptors (Lipinski definition) is 3. The van der Waals surface area contributed by atoms with Crippen LogP contribution in [0.4, 0.5) is 0 Å². The predicted octanol–water partition coefficient (Wildman–Crippen LogP) is 4.10. The zero-order valence-electron chi connectivity index (χ0n) is 15.2. The Morgan fingerprint density at radius 2 is 1.78 bits per heavy atom. The van der Waals surface area contributed by atoms with E-state index in [9.17, 15) is 13.2 Å². The number of nitrogens with one attached hydrogen (secondary N) is 1. The minimum Gasteiger partial charge on any atom is -0.353 e. The molecule has 0 saturated carbocycles. The maximum absolute atomic E-state index is 13.1. The van der Waals surface area contributed by atoms with E-state index >= 15 is 0 Å². The van der Waals surface area contributed by atoms with Crippen LogP contribution in [0.3, 0.4) is 0 Å². The maximum atomic E-state index is 13.1. The van der Waals surface area contributed by atoms with Gasteiger partial charge in [0.2, 0.25) is 15.9 Å². The van der Waals surface area contributed by atoms with Gasteiger partial charge in [0.05, 0.1) is 11.4 Å². The Morgan fingerprint density at radius 1 is 1.11 bits per heavy atom. The molecule has 5 nitrogen and oxygen atoms in total. The minimum atomic E-state index is -3.90. The molecule has 2 rings (SSSR count). The van der Waals surface area contributed by atoms with Crippen LogP contribution in [0.15, 0.2) is 53.4 Å². The Kier molecular flexibility index (Phi) is 7.68. The van der Waals surface area contributed by atoms with Crippen molar-refractivity contribution in [3.8, 4) is 0 Å². The van der Waals surface area contributed by atoms with E-state index in [4.69, 9.17) is 23.2 Å². The second-order valence-corrected chi connectivity index (χ2v) is 9.04. The molecule has 0 unspecified atom stereocenters. The number of carbonyl (C=O) groups excluding carboxylic acids is 1. The van der Waals surface area contributed by atoms with Crippen molar-refractivity contribution in [1.82, 2.24) is 9.62 Å². The van der Waals surface area contributed by atoms with Crippen LogP contribution in [0.2, 0.25) is 10.0 Å². The molecule has 1 atom stereocenters. The molecular formula is C19H22Cl2N2O3S. The van der Waals surface area contributed by atoms with E-state index in [1.54, 1.807) is 24.3 Å². The van der Waals surface area contributed by atoms with Crippen LogP contribution in [-0.4, -0.2) is 31.2 Å². The van der Waals surface area contributed by atoms with E-state index in [1.165, 1.54) is 24.3 Å². The molecule has 0 radical (unpaired) electrons. The molecule has 2 aromatic carbocycles. The van der Waals surface area contributed by atoms with Crippen LogP contribution in [0, 0.1) is 0 Å². The molecule has 27 heavy (non-hydrogen) atoms. The first-order valence-electron chi connectivity index (χ1n) is 8.52. The van der Waals surface area contributed by atoms with Gasteiger partial charge < -0.3 is 5.32 Å². The average molecular weight is 429 g/mol. The number of rotatable bonds is 8. The molecule has 2 aromatic rings. The van der Waals surface area contributed by atoms with Crippen molar-refractivity contribution in [2.45, 2.75) is 37.8 Å². The fourth-order valence-corrected chi connectivity index (χ4v) is 4.13. The fourth-order valence-electron chi connectivity index (χ4n) is 2.40. The summed E-state index contributed by atoms with van der Waals surface area (Å²) in [5, 5.41) is 3.73. The van der Waals surface area contributed by atoms with Gasteiger partial charge >= 0.3 is 0 Å². The molecule has 0 fully saturated rings. The first kappa shape index (κ1) is 21.7. The van der Waals surface area contributed by atoms with Gasteiger partial charge in [0.1, 0.15) is 0 Å². The van der Waals surface area contributed by atoms with Crippen molar-refractivity contribution in [1.29, 1.82) is 0 Å². The predicted molar refractivity (Wildman–Crippen MR) is 108 cm³/mol. The Morgan fingerprint density at radius 3 is 2.37 bits per heavy atom. The molecule has 1 amide bonds. The van der Waals surface area contributed by atoms with Gasteiger partial charge in [0.15, 0.2) is 0 Å². The first-order chi connectivity index (χ1) is 12.7.